The molecule has 3 N–H and O–H groups in total. The SMILES string of the molecule is CCOC(=O)NC(Cl)CC(N)=O. The van der Waals surface area contributed by atoms with E-state index in [1.807, 2.05) is 0 Å². The predicted molar refractivity (Wildman–Crippen MR) is 43.6 cm³/mol. The highest BCUT2D eigenvalue weighted by Crippen LogP contribution is 1.96. The van der Waals surface area contributed by atoms with Gasteiger partial charge in [-0.15, -0.1) is 0 Å². The van der Waals surface area contributed by atoms with E-state index in [4.69, 9.17) is 17.3 Å². The van der Waals surface area contributed by atoms with Crippen molar-refractivity contribution in [2.24, 2.45) is 5.73 Å². The van der Waals surface area contributed by atoms with Crippen LogP contribution in [0.15, 0.2) is 0 Å². The van der Waals surface area contributed by atoms with Crippen molar-refractivity contribution in [3.8, 4) is 0 Å². The lowest BCUT2D eigenvalue weighted by Crippen LogP contribution is -2.34. The normalized spacial score (nSPS) is 11.8. The van der Waals surface area contributed by atoms with E-state index < -0.39 is 17.5 Å². The lowest BCUT2D eigenvalue weighted by Gasteiger charge is -2.08. The van der Waals surface area contributed by atoms with E-state index in [2.05, 4.69) is 10.1 Å². The Kier molecular flexibility index (Phi) is 5.19. The van der Waals surface area contributed by atoms with Crippen molar-refractivity contribution in [1.82, 2.24) is 5.32 Å². The predicted octanol–water partition coefficient (Wildman–Crippen LogP) is 0.173. The molecule has 0 aromatic heterocycles. The minimum atomic E-state index is -0.804. The van der Waals surface area contributed by atoms with E-state index in [1.165, 1.54) is 0 Å². The van der Waals surface area contributed by atoms with Crippen molar-refractivity contribution in [3.63, 3.8) is 0 Å². The quantitative estimate of drug-likeness (QED) is 0.495. The lowest BCUT2D eigenvalue weighted by molar-refractivity contribution is -0.118. The molecule has 0 fully saturated rings. The number of carbonyl (C=O) groups is 2. The topological polar surface area (TPSA) is 81.4 Å². The molecule has 0 aliphatic rings. The molecule has 0 spiro atoms. The van der Waals surface area contributed by atoms with Crippen LogP contribution < -0.4 is 11.1 Å². The molecular formula is C6H11ClN2O3. The molecule has 1 unspecified atom stereocenters. The first-order valence-corrected chi connectivity index (χ1v) is 3.85. The summed E-state index contributed by atoms with van der Waals surface area (Å²) in [7, 11) is 0. The number of ether oxygens (including phenoxy) is 1. The summed E-state index contributed by atoms with van der Waals surface area (Å²) in [5.74, 6) is -0.577. The standard InChI is InChI=1S/C6H11ClN2O3/c1-2-12-6(11)9-4(7)3-5(8)10/h4H,2-3H2,1H3,(H2,8,10)(H,9,11). The van der Waals surface area contributed by atoms with Crippen molar-refractivity contribution in [1.29, 1.82) is 0 Å². The molecule has 0 aliphatic carbocycles. The Labute approximate surface area is 75.2 Å². The largest absolute Gasteiger partial charge is 0.450 e. The first-order chi connectivity index (χ1) is 5.56. The maximum absolute atomic E-state index is 10.7. The van der Waals surface area contributed by atoms with Crippen LogP contribution in [0, 0.1) is 0 Å². The number of nitrogens with one attached hydrogen (secondary N) is 1. The third-order valence-corrected chi connectivity index (χ3v) is 1.19. The molecule has 0 aromatic rings. The number of alkyl halides is 1. The number of primary amides is 1. The summed E-state index contributed by atoms with van der Waals surface area (Å²) in [6, 6.07) is 0. The van der Waals surface area contributed by atoms with Gasteiger partial charge in [-0.25, -0.2) is 4.79 Å². The summed E-state index contributed by atoms with van der Waals surface area (Å²) < 4.78 is 4.51. The summed E-state index contributed by atoms with van der Waals surface area (Å²) in [4.78, 5) is 21.0. The molecule has 0 bridgehead atoms. The van der Waals surface area contributed by atoms with Crippen LogP contribution in [0.4, 0.5) is 4.79 Å². The number of rotatable bonds is 4. The molecule has 0 radical (unpaired) electrons. The van der Waals surface area contributed by atoms with Crippen LogP contribution in [0.1, 0.15) is 13.3 Å². The van der Waals surface area contributed by atoms with Gasteiger partial charge in [0.25, 0.3) is 0 Å². The number of halogens is 1. The van der Waals surface area contributed by atoms with Crippen LogP contribution in [0.2, 0.25) is 0 Å². The molecule has 6 heteroatoms. The highest BCUT2D eigenvalue weighted by Gasteiger charge is 2.11. The average Bonchev–Trinajstić information content (AvgIpc) is 1.84. The Morgan fingerprint density at radius 1 is 1.67 bits per heavy atom. The molecule has 2 amide bonds. The van der Waals surface area contributed by atoms with Crippen molar-refractivity contribution >= 4 is 23.6 Å². The highest BCUT2D eigenvalue weighted by molar-refractivity contribution is 6.22. The fourth-order valence-electron chi connectivity index (χ4n) is 0.528. The average molecular weight is 195 g/mol. The fraction of sp³-hybridized carbons (Fsp3) is 0.667. The summed E-state index contributed by atoms with van der Waals surface area (Å²) in [6.45, 7) is 1.92. The highest BCUT2D eigenvalue weighted by atomic mass is 35.5. The second kappa shape index (κ2) is 5.65. The molecule has 12 heavy (non-hydrogen) atoms. The van der Waals surface area contributed by atoms with Gasteiger partial charge in [0.05, 0.1) is 13.0 Å². The number of hydrogen-bond donors (Lipinski definition) is 2. The van der Waals surface area contributed by atoms with Gasteiger partial charge in [0, 0.05) is 0 Å². The second-order valence-corrected chi connectivity index (χ2v) is 2.53. The van der Waals surface area contributed by atoms with E-state index >= 15 is 0 Å². The van der Waals surface area contributed by atoms with Crippen molar-refractivity contribution in [2.75, 3.05) is 6.61 Å². The molecule has 5 nitrogen and oxygen atoms in total. The maximum Gasteiger partial charge on any atom is 0.408 e. The van der Waals surface area contributed by atoms with Crippen molar-refractivity contribution in [3.05, 3.63) is 0 Å². The summed E-state index contributed by atoms with van der Waals surface area (Å²) >= 11 is 5.49. The first kappa shape index (κ1) is 11.0. The minimum Gasteiger partial charge on any atom is -0.450 e. The number of carbonyl (C=O) groups excluding carboxylic acids is 2. The van der Waals surface area contributed by atoms with Gasteiger partial charge in [-0.2, -0.15) is 0 Å². The van der Waals surface area contributed by atoms with Crippen LogP contribution in [0.5, 0.6) is 0 Å². The molecule has 0 saturated carbocycles. The Bertz CT molecular complexity index is 174. The van der Waals surface area contributed by atoms with Gasteiger partial charge < -0.3 is 15.8 Å². The van der Waals surface area contributed by atoms with Gasteiger partial charge in [-0.1, -0.05) is 11.6 Å². The Morgan fingerprint density at radius 2 is 2.25 bits per heavy atom. The van der Waals surface area contributed by atoms with Crippen LogP contribution in [0.25, 0.3) is 0 Å². The zero-order chi connectivity index (χ0) is 9.56. The van der Waals surface area contributed by atoms with Gasteiger partial charge in [-0.05, 0) is 6.92 Å². The van der Waals surface area contributed by atoms with Crippen LogP contribution in [-0.4, -0.2) is 24.1 Å². The molecule has 0 saturated heterocycles. The summed E-state index contributed by atoms with van der Waals surface area (Å²) in [6.07, 6.45) is -0.765. The molecule has 0 rings (SSSR count). The van der Waals surface area contributed by atoms with E-state index in [1.54, 1.807) is 6.92 Å². The third-order valence-electron chi connectivity index (χ3n) is 0.930. The zero-order valence-electron chi connectivity index (χ0n) is 6.67. The van der Waals surface area contributed by atoms with Crippen LogP contribution in [0.3, 0.4) is 0 Å². The molecule has 0 aliphatic heterocycles. The van der Waals surface area contributed by atoms with Crippen LogP contribution >= 0.6 is 11.6 Å². The molecule has 0 aromatic carbocycles. The Morgan fingerprint density at radius 3 is 2.67 bits per heavy atom. The number of nitrogens with two attached hydrogens (primary N) is 1. The molecular weight excluding hydrogens is 184 g/mol. The number of hydrogen-bond acceptors (Lipinski definition) is 3. The fourth-order valence-corrected chi connectivity index (χ4v) is 0.769. The number of amides is 2. The zero-order valence-corrected chi connectivity index (χ0v) is 7.43. The van der Waals surface area contributed by atoms with Gasteiger partial charge in [0.15, 0.2) is 0 Å². The second-order valence-electron chi connectivity index (χ2n) is 2.00. The molecule has 0 heterocycles. The van der Waals surface area contributed by atoms with Crippen molar-refractivity contribution < 1.29 is 14.3 Å². The maximum atomic E-state index is 10.7. The Hall–Kier alpha value is -0.970. The van der Waals surface area contributed by atoms with E-state index in [-0.39, 0.29) is 13.0 Å². The molecule has 70 valence electrons. The smallest absolute Gasteiger partial charge is 0.408 e. The van der Waals surface area contributed by atoms with Gasteiger partial charge in [0.1, 0.15) is 5.50 Å². The van der Waals surface area contributed by atoms with E-state index in [9.17, 15) is 9.59 Å². The first-order valence-electron chi connectivity index (χ1n) is 3.42. The number of alkyl carbamates (subject to hydrolysis) is 1. The van der Waals surface area contributed by atoms with Gasteiger partial charge in [-0.3, -0.25) is 4.79 Å². The molecule has 1 atom stereocenters. The minimum absolute atomic E-state index is 0.111. The van der Waals surface area contributed by atoms with Crippen LogP contribution in [-0.2, 0) is 9.53 Å². The van der Waals surface area contributed by atoms with Gasteiger partial charge in [0.2, 0.25) is 5.91 Å². The van der Waals surface area contributed by atoms with Gasteiger partial charge >= 0.3 is 6.09 Å². The summed E-state index contributed by atoms with van der Waals surface area (Å²) in [5, 5.41) is 2.22. The lowest BCUT2D eigenvalue weighted by atomic mass is 10.4. The van der Waals surface area contributed by atoms with E-state index in [0.717, 1.165) is 0 Å². The third kappa shape index (κ3) is 5.79. The monoisotopic (exact) mass is 194 g/mol. The summed E-state index contributed by atoms with van der Waals surface area (Å²) in [5.41, 5.74) is 4.02. The van der Waals surface area contributed by atoms with Crippen molar-refractivity contribution in [2.45, 2.75) is 18.8 Å². The van der Waals surface area contributed by atoms with E-state index in [0.29, 0.717) is 0 Å². The Balaban J connectivity index is 3.61.